The Kier molecular flexibility index (Phi) is 10.7. The molecule has 2 heterocycles. The Morgan fingerprint density at radius 3 is 2.87 bits per heavy atom. The maximum Gasteiger partial charge on any atom is 0.193 e. The van der Waals surface area contributed by atoms with Crippen LogP contribution in [0.3, 0.4) is 0 Å². The molecule has 0 aliphatic carbocycles. The number of nitrogens with zero attached hydrogens (tertiary/aromatic N) is 5. The minimum absolute atomic E-state index is 0. The van der Waals surface area contributed by atoms with Crippen molar-refractivity contribution in [3.05, 3.63) is 12.2 Å². The third-order valence-corrected chi connectivity index (χ3v) is 4.52. The lowest BCUT2D eigenvalue weighted by Gasteiger charge is -2.21. The van der Waals surface area contributed by atoms with Gasteiger partial charge >= 0.3 is 0 Å². The fraction of sp³-hybridized carbons (Fsp3) is 0.800. The molecule has 0 atom stereocenters. The molecule has 6 nitrogen and oxygen atoms in total. The molecule has 1 aliphatic heterocycles. The molecule has 1 aromatic rings. The van der Waals surface area contributed by atoms with Crippen LogP contribution < -0.4 is 5.32 Å². The number of aryl methyl sites for hydroxylation is 1. The van der Waals surface area contributed by atoms with Crippen molar-refractivity contribution in [1.82, 2.24) is 25.0 Å². The van der Waals surface area contributed by atoms with E-state index in [4.69, 9.17) is 4.99 Å². The second-order valence-electron chi connectivity index (χ2n) is 5.47. The first-order valence-corrected chi connectivity index (χ1v) is 9.63. The molecule has 1 fully saturated rings. The van der Waals surface area contributed by atoms with Crippen molar-refractivity contribution in [2.24, 2.45) is 4.99 Å². The number of thioether (sulfide) groups is 1. The lowest BCUT2D eigenvalue weighted by Crippen LogP contribution is -2.41. The van der Waals surface area contributed by atoms with Gasteiger partial charge < -0.3 is 14.8 Å². The van der Waals surface area contributed by atoms with Gasteiger partial charge in [0, 0.05) is 39.1 Å². The summed E-state index contributed by atoms with van der Waals surface area (Å²) in [6.45, 7) is 7.02. The molecule has 0 bridgehead atoms. The summed E-state index contributed by atoms with van der Waals surface area (Å²) in [4.78, 5) is 7.16. The van der Waals surface area contributed by atoms with E-state index in [1.165, 1.54) is 18.6 Å². The zero-order valence-corrected chi connectivity index (χ0v) is 17.3. The molecule has 0 spiro atoms. The molecule has 0 unspecified atom stereocenters. The zero-order valence-electron chi connectivity index (χ0n) is 14.2. The highest BCUT2D eigenvalue weighted by Crippen LogP contribution is 2.08. The topological polar surface area (TPSA) is 58.3 Å². The number of guanidine groups is 1. The Bertz CT molecular complexity index is 459. The third kappa shape index (κ3) is 6.86. The average Bonchev–Trinajstić information content (AvgIpc) is 3.20. The fourth-order valence-electron chi connectivity index (χ4n) is 2.62. The molecule has 1 N–H and O–H groups in total. The van der Waals surface area contributed by atoms with E-state index < -0.39 is 0 Å². The van der Waals surface area contributed by atoms with Crippen LogP contribution in [0.15, 0.2) is 11.3 Å². The van der Waals surface area contributed by atoms with Crippen LogP contribution in [0.5, 0.6) is 0 Å². The quantitative estimate of drug-likeness (QED) is 0.284. The Morgan fingerprint density at radius 1 is 1.39 bits per heavy atom. The molecule has 2 rings (SSSR count). The number of halogens is 1. The summed E-state index contributed by atoms with van der Waals surface area (Å²) < 4.78 is 2.11. The fourth-order valence-corrected chi connectivity index (χ4v) is 3.04. The van der Waals surface area contributed by atoms with Gasteiger partial charge in [-0.05, 0) is 31.3 Å². The first-order chi connectivity index (χ1) is 10.8. The summed E-state index contributed by atoms with van der Waals surface area (Å²) in [5, 5.41) is 11.6. The van der Waals surface area contributed by atoms with E-state index in [9.17, 15) is 0 Å². The summed E-state index contributed by atoms with van der Waals surface area (Å²) in [5.41, 5.74) is 0. The Balaban J connectivity index is 0.00000264. The average molecular weight is 452 g/mol. The van der Waals surface area contributed by atoms with E-state index in [1.807, 2.05) is 18.1 Å². The predicted molar refractivity (Wildman–Crippen MR) is 109 cm³/mol. The Morgan fingerprint density at radius 2 is 2.17 bits per heavy atom. The van der Waals surface area contributed by atoms with Crippen LogP contribution in [0.4, 0.5) is 0 Å². The summed E-state index contributed by atoms with van der Waals surface area (Å²) in [6.07, 6.45) is 8.57. The van der Waals surface area contributed by atoms with Gasteiger partial charge in [0.25, 0.3) is 0 Å². The summed E-state index contributed by atoms with van der Waals surface area (Å²) >= 11 is 1.89. The largest absolute Gasteiger partial charge is 0.354 e. The number of rotatable bonds is 8. The van der Waals surface area contributed by atoms with Gasteiger partial charge in [0.2, 0.25) is 0 Å². The molecular formula is C15H29IN6S. The van der Waals surface area contributed by atoms with Gasteiger partial charge in [-0.1, -0.05) is 6.92 Å². The molecule has 0 aromatic carbocycles. The van der Waals surface area contributed by atoms with Gasteiger partial charge in [-0.25, -0.2) is 0 Å². The molecule has 8 heteroatoms. The van der Waals surface area contributed by atoms with Gasteiger partial charge in [-0.15, -0.1) is 34.2 Å². The van der Waals surface area contributed by atoms with E-state index in [0.717, 1.165) is 57.3 Å². The molecule has 1 saturated heterocycles. The van der Waals surface area contributed by atoms with Gasteiger partial charge in [0.1, 0.15) is 12.2 Å². The number of aliphatic imine (C=N–C) groups is 1. The summed E-state index contributed by atoms with van der Waals surface area (Å²) in [5.74, 6) is 3.29. The predicted octanol–water partition coefficient (Wildman–Crippen LogP) is 2.25. The van der Waals surface area contributed by atoms with E-state index in [-0.39, 0.29) is 24.0 Å². The maximum atomic E-state index is 4.78. The SMILES string of the molecule is CCc1nncn1CCNC(=NCCCSC)N1CCCC1.I. The van der Waals surface area contributed by atoms with Gasteiger partial charge in [0.15, 0.2) is 5.96 Å². The number of hydrogen-bond donors (Lipinski definition) is 1. The van der Waals surface area contributed by atoms with E-state index in [2.05, 4.69) is 38.2 Å². The lowest BCUT2D eigenvalue weighted by atomic mass is 10.4. The van der Waals surface area contributed by atoms with Crippen LogP contribution in [-0.2, 0) is 13.0 Å². The normalized spacial score (nSPS) is 14.9. The minimum atomic E-state index is 0. The first kappa shape index (κ1) is 20.5. The van der Waals surface area contributed by atoms with Crippen LogP contribution in [0.25, 0.3) is 0 Å². The van der Waals surface area contributed by atoms with Crippen molar-refractivity contribution in [3.63, 3.8) is 0 Å². The second-order valence-corrected chi connectivity index (χ2v) is 6.45. The van der Waals surface area contributed by atoms with Gasteiger partial charge in [-0.2, -0.15) is 11.8 Å². The van der Waals surface area contributed by atoms with Crippen molar-refractivity contribution >= 4 is 41.7 Å². The van der Waals surface area contributed by atoms with E-state index >= 15 is 0 Å². The second kappa shape index (κ2) is 11.9. The molecule has 1 aromatic heterocycles. The van der Waals surface area contributed by atoms with Crippen LogP contribution in [0.2, 0.25) is 0 Å². The molecule has 132 valence electrons. The number of nitrogens with one attached hydrogen (secondary N) is 1. The summed E-state index contributed by atoms with van der Waals surface area (Å²) in [7, 11) is 0. The van der Waals surface area contributed by atoms with Gasteiger partial charge in [0.05, 0.1) is 0 Å². The monoisotopic (exact) mass is 452 g/mol. The van der Waals surface area contributed by atoms with Crippen molar-refractivity contribution in [1.29, 1.82) is 0 Å². The molecular weight excluding hydrogens is 423 g/mol. The van der Waals surface area contributed by atoms with E-state index in [1.54, 1.807) is 0 Å². The highest BCUT2D eigenvalue weighted by Gasteiger charge is 2.15. The van der Waals surface area contributed by atoms with E-state index in [0.29, 0.717) is 0 Å². The Labute approximate surface area is 160 Å². The molecule has 0 amide bonds. The van der Waals surface area contributed by atoms with Crippen LogP contribution >= 0.6 is 35.7 Å². The van der Waals surface area contributed by atoms with Crippen molar-refractivity contribution in [3.8, 4) is 0 Å². The third-order valence-electron chi connectivity index (χ3n) is 3.82. The Hall–Kier alpha value is -0.510. The molecule has 0 saturated carbocycles. The molecule has 23 heavy (non-hydrogen) atoms. The first-order valence-electron chi connectivity index (χ1n) is 8.24. The van der Waals surface area contributed by atoms with Crippen LogP contribution in [-0.4, -0.2) is 63.8 Å². The molecule has 0 radical (unpaired) electrons. The maximum absolute atomic E-state index is 4.78. The number of hydrogen-bond acceptors (Lipinski definition) is 4. The van der Waals surface area contributed by atoms with Crippen LogP contribution in [0, 0.1) is 0 Å². The van der Waals surface area contributed by atoms with Crippen molar-refractivity contribution < 1.29 is 0 Å². The minimum Gasteiger partial charge on any atom is -0.354 e. The number of likely N-dealkylation sites (tertiary alicyclic amines) is 1. The van der Waals surface area contributed by atoms with Crippen molar-refractivity contribution in [2.45, 2.75) is 39.2 Å². The highest BCUT2D eigenvalue weighted by atomic mass is 127. The molecule has 1 aliphatic rings. The lowest BCUT2D eigenvalue weighted by molar-refractivity contribution is 0.486. The zero-order chi connectivity index (χ0) is 15.6. The van der Waals surface area contributed by atoms with Gasteiger partial charge in [-0.3, -0.25) is 4.99 Å². The standard InChI is InChI=1S/C15H28N6S.HI/c1-3-14-19-18-13-21(14)11-8-17-15(16-7-6-12-22-2)20-9-4-5-10-20;/h13H,3-12H2,1-2H3,(H,16,17);1H. The van der Waals surface area contributed by atoms with Crippen molar-refractivity contribution in [2.75, 3.05) is 38.2 Å². The highest BCUT2D eigenvalue weighted by molar-refractivity contribution is 14.0. The number of aromatic nitrogens is 3. The van der Waals surface area contributed by atoms with Crippen LogP contribution in [0.1, 0.15) is 32.0 Å². The summed E-state index contributed by atoms with van der Waals surface area (Å²) in [6, 6.07) is 0. The smallest absolute Gasteiger partial charge is 0.193 e.